The third-order valence-corrected chi connectivity index (χ3v) is 6.55. The molecule has 1 spiro atoms. The lowest BCUT2D eigenvalue weighted by Crippen LogP contribution is -2.45. The van der Waals surface area contributed by atoms with E-state index in [1.54, 1.807) is 0 Å². The SMILES string of the molecule is CCCCCCCCCCCCCCCC(=O)OCC(O)[C@H]1OC(=O)C2(CCC(O)O2)C1=O. The highest BCUT2D eigenvalue weighted by molar-refractivity contribution is 6.14. The van der Waals surface area contributed by atoms with Gasteiger partial charge in [0.1, 0.15) is 12.7 Å². The number of unbranched alkanes of at least 4 members (excludes halogenated alkanes) is 12. The zero-order chi connectivity index (χ0) is 24.1. The van der Waals surface area contributed by atoms with Gasteiger partial charge in [0, 0.05) is 12.8 Å². The number of aliphatic hydroxyl groups is 2. The molecule has 2 N–H and O–H groups in total. The molecule has 0 bridgehead atoms. The number of ketones is 1. The average molecular weight is 471 g/mol. The van der Waals surface area contributed by atoms with Gasteiger partial charge in [-0.25, -0.2) is 4.79 Å². The maximum atomic E-state index is 12.5. The normalized spacial score (nSPS) is 25.5. The lowest BCUT2D eigenvalue weighted by Gasteiger charge is -2.18. The van der Waals surface area contributed by atoms with Crippen molar-refractivity contribution in [3.05, 3.63) is 0 Å². The summed E-state index contributed by atoms with van der Waals surface area (Å²) in [5, 5.41) is 19.7. The van der Waals surface area contributed by atoms with Crippen LogP contribution in [0.25, 0.3) is 0 Å². The first-order valence-electron chi connectivity index (χ1n) is 12.9. The van der Waals surface area contributed by atoms with Crippen molar-refractivity contribution in [2.45, 2.75) is 134 Å². The van der Waals surface area contributed by atoms with Crippen LogP contribution in [-0.4, -0.2) is 58.6 Å². The van der Waals surface area contributed by atoms with Crippen LogP contribution in [0.4, 0.5) is 0 Å². The van der Waals surface area contributed by atoms with Crippen LogP contribution in [0.3, 0.4) is 0 Å². The van der Waals surface area contributed by atoms with Crippen LogP contribution in [0.15, 0.2) is 0 Å². The van der Waals surface area contributed by atoms with Gasteiger partial charge in [0.05, 0.1) is 0 Å². The second-order valence-corrected chi connectivity index (χ2v) is 9.37. The number of hydrogen-bond acceptors (Lipinski definition) is 8. The molecule has 0 aromatic carbocycles. The molecule has 3 unspecified atom stereocenters. The van der Waals surface area contributed by atoms with Crippen LogP contribution in [0.5, 0.6) is 0 Å². The van der Waals surface area contributed by atoms with Crippen LogP contribution in [0.1, 0.15) is 110 Å². The van der Waals surface area contributed by atoms with Gasteiger partial charge in [-0.2, -0.15) is 0 Å². The van der Waals surface area contributed by atoms with E-state index in [9.17, 15) is 24.6 Å². The Kier molecular flexibility index (Phi) is 12.3. The minimum atomic E-state index is -1.84. The van der Waals surface area contributed by atoms with Crippen molar-refractivity contribution in [1.29, 1.82) is 0 Å². The van der Waals surface area contributed by atoms with E-state index in [-0.39, 0.29) is 19.3 Å². The smallest absolute Gasteiger partial charge is 0.347 e. The van der Waals surface area contributed by atoms with E-state index in [1.807, 2.05) is 0 Å². The summed E-state index contributed by atoms with van der Waals surface area (Å²) in [7, 11) is 0. The zero-order valence-electron chi connectivity index (χ0n) is 20.1. The summed E-state index contributed by atoms with van der Waals surface area (Å²) in [5.74, 6) is -2.09. The molecular weight excluding hydrogens is 428 g/mol. The molecule has 0 amide bonds. The number of hydrogen-bond donors (Lipinski definition) is 2. The van der Waals surface area contributed by atoms with Crippen LogP contribution in [-0.2, 0) is 28.6 Å². The van der Waals surface area contributed by atoms with Gasteiger partial charge in [-0.05, 0) is 12.8 Å². The Balaban J connectivity index is 1.47. The summed E-state index contributed by atoms with van der Waals surface area (Å²) in [6.07, 6.45) is 12.1. The Hall–Kier alpha value is -1.51. The number of carbonyl (C=O) groups is 3. The average Bonchev–Trinajstić information content (AvgIpc) is 3.31. The Bertz CT molecular complexity index is 622. The number of aliphatic hydroxyl groups excluding tert-OH is 2. The fourth-order valence-corrected chi connectivity index (χ4v) is 4.48. The maximum absolute atomic E-state index is 12.5. The first-order valence-corrected chi connectivity index (χ1v) is 12.9. The van der Waals surface area contributed by atoms with Crippen LogP contribution < -0.4 is 0 Å². The summed E-state index contributed by atoms with van der Waals surface area (Å²) >= 11 is 0. The van der Waals surface area contributed by atoms with E-state index in [1.165, 1.54) is 64.2 Å². The first-order chi connectivity index (χ1) is 15.9. The van der Waals surface area contributed by atoms with Crippen LogP contribution in [0, 0.1) is 0 Å². The molecule has 2 aliphatic heterocycles. The van der Waals surface area contributed by atoms with E-state index in [0.717, 1.165) is 19.3 Å². The van der Waals surface area contributed by atoms with E-state index in [0.29, 0.717) is 0 Å². The molecule has 8 nitrogen and oxygen atoms in total. The molecular formula is C25H42O8. The predicted molar refractivity (Wildman–Crippen MR) is 121 cm³/mol. The summed E-state index contributed by atoms with van der Waals surface area (Å²) in [4.78, 5) is 36.5. The topological polar surface area (TPSA) is 119 Å². The van der Waals surface area contributed by atoms with E-state index < -0.39 is 48.4 Å². The molecule has 2 aliphatic rings. The summed E-state index contributed by atoms with van der Waals surface area (Å²) in [6, 6.07) is 0. The van der Waals surface area contributed by atoms with E-state index in [2.05, 4.69) is 6.92 Å². The van der Waals surface area contributed by atoms with Gasteiger partial charge >= 0.3 is 11.9 Å². The molecule has 0 saturated carbocycles. The van der Waals surface area contributed by atoms with Crippen molar-refractivity contribution in [3.8, 4) is 0 Å². The molecule has 0 aromatic heterocycles. The number of ether oxygens (including phenoxy) is 3. The molecule has 0 aliphatic carbocycles. The van der Waals surface area contributed by atoms with E-state index >= 15 is 0 Å². The molecule has 190 valence electrons. The van der Waals surface area contributed by atoms with Crippen molar-refractivity contribution in [2.75, 3.05) is 6.61 Å². The quantitative estimate of drug-likeness (QED) is 0.187. The molecule has 0 aromatic rings. The summed E-state index contributed by atoms with van der Waals surface area (Å²) < 4.78 is 15.1. The first kappa shape index (κ1) is 27.7. The number of esters is 2. The molecule has 4 atom stereocenters. The van der Waals surface area contributed by atoms with Crippen molar-refractivity contribution < 1.29 is 38.8 Å². The molecule has 2 heterocycles. The van der Waals surface area contributed by atoms with Gasteiger partial charge in [0.15, 0.2) is 12.4 Å². The van der Waals surface area contributed by atoms with Crippen molar-refractivity contribution in [2.24, 2.45) is 0 Å². The Morgan fingerprint density at radius 3 is 2.06 bits per heavy atom. The van der Waals surface area contributed by atoms with Crippen molar-refractivity contribution in [3.63, 3.8) is 0 Å². The summed E-state index contributed by atoms with van der Waals surface area (Å²) in [6.45, 7) is 1.81. The fraction of sp³-hybridized carbons (Fsp3) is 0.880. The third kappa shape index (κ3) is 8.65. The highest BCUT2D eigenvalue weighted by Gasteiger charge is 2.63. The minimum Gasteiger partial charge on any atom is -0.463 e. The van der Waals surface area contributed by atoms with E-state index in [4.69, 9.17) is 14.2 Å². The predicted octanol–water partition coefficient (Wildman–Crippen LogP) is 3.73. The Morgan fingerprint density at radius 1 is 1.00 bits per heavy atom. The lowest BCUT2D eigenvalue weighted by atomic mass is 9.93. The maximum Gasteiger partial charge on any atom is 0.347 e. The van der Waals surface area contributed by atoms with Crippen LogP contribution in [0.2, 0.25) is 0 Å². The molecule has 8 heteroatoms. The number of cyclic esters (lactones) is 1. The Labute approximate surface area is 197 Å². The Morgan fingerprint density at radius 2 is 1.55 bits per heavy atom. The number of Topliss-reactive ketones (excluding diaryl/α,β-unsaturated/α-hetero) is 1. The highest BCUT2D eigenvalue weighted by atomic mass is 16.7. The van der Waals surface area contributed by atoms with Gasteiger partial charge in [-0.1, -0.05) is 84.0 Å². The largest absolute Gasteiger partial charge is 0.463 e. The third-order valence-electron chi connectivity index (χ3n) is 6.55. The van der Waals surface area contributed by atoms with Gasteiger partial charge in [0.25, 0.3) is 0 Å². The fourth-order valence-electron chi connectivity index (χ4n) is 4.48. The van der Waals surface area contributed by atoms with Crippen LogP contribution >= 0.6 is 0 Å². The minimum absolute atomic E-state index is 0.00783. The monoisotopic (exact) mass is 470 g/mol. The number of rotatable bonds is 17. The standard InChI is InChI=1S/C25H42O8/c1-2-3-4-5-6-7-8-9-10-11-12-13-14-15-20(27)31-18-19(26)22-23(29)25(24(30)32-22)17-16-21(28)33-25/h19,21-22,26,28H,2-18H2,1H3/t19?,21?,22-,25?/m1/s1. The molecule has 2 fully saturated rings. The van der Waals surface area contributed by atoms with Gasteiger partial charge < -0.3 is 24.4 Å². The van der Waals surface area contributed by atoms with Crippen molar-refractivity contribution >= 4 is 17.7 Å². The number of carbonyl (C=O) groups excluding carboxylic acids is 3. The lowest BCUT2D eigenvalue weighted by molar-refractivity contribution is -0.175. The van der Waals surface area contributed by atoms with Gasteiger partial charge in [0.2, 0.25) is 11.4 Å². The highest BCUT2D eigenvalue weighted by Crippen LogP contribution is 2.38. The molecule has 2 rings (SSSR count). The zero-order valence-corrected chi connectivity index (χ0v) is 20.1. The summed E-state index contributed by atoms with van der Waals surface area (Å²) in [5.41, 5.74) is -1.84. The second-order valence-electron chi connectivity index (χ2n) is 9.37. The molecule has 2 saturated heterocycles. The molecule has 0 radical (unpaired) electrons. The van der Waals surface area contributed by atoms with Gasteiger partial charge in [-0.3, -0.25) is 9.59 Å². The molecule has 33 heavy (non-hydrogen) atoms. The van der Waals surface area contributed by atoms with Gasteiger partial charge in [-0.15, -0.1) is 0 Å². The second kappa shape index (κ2) is 14.7. The van der Waals surface area contributed by atoms with Crippen molar-refractivity contribution in [1.82, 2.24) is 0 Å².